The van der Waals surface area contributed by atoms with E-state index >= 15 is 0 Å². The molecule has 0 radical (unpaired) electrons. The second-order valence-corrected chi connectivity index (χ2v) is 12.7. The van der Waals surface area contributed by atoms with Gasteiger partial charge in [-0.05, 0) is 63.1 Å². The van der Waals surface area contributed by atoms with E-state index in [0.29, 0.717) is 11.1 Å². The number of ether oxygens (including phenoxy) is 2. The van der Waals surface area contributed by atoms with Gasteiger partial charge in [0.25, 0.3) is 0 Å². The summed E-state index contributed by atoms with van der Waals surface area (Å²) in [4.78, 5) is 24.9. The summed E-state index contributed by atoms with van der Waals surface area (Å²) in [5.41, 5.74) is 12.4. The van der Waals surface area contributed by atoms with E-state index in [4.69, 9.17) is 9.47 Å². The number of carbonyl (C=O) groups excluding carboxylic acids is 2. The molecule has 0 saturated carbocycles. The lowest BCUT2D eigenvalue weighted by molar-refractivity contribution is -0.686. The smallest absolute Gasteiger partial charge is 0.338 e. The molecule has 5 aromatic carbocycles. The van der Waals surface area contributed by atoms with Gasteiger partial charge in [0.2, 0.25) is 0 Å². The highest BCUT2D eigenvalue weighted by molar-refractivity contribution is 5.90. The predicted molar refractivity (Wildman–Crippen MR) is 188 cm³/mol. The molecule has 0 aromatic heterocycles. The Morgan fingerprint density at radius 1 is 0.417 bits per heavy atom. The number of hydrogen-bond acceptors (Lipinski definition) is 4. The van der Waals surface area contributed by atoms with E-state index in [-0.39, 0.29) is 25.2 Å². The van der Waals surface area contributed by atoms with Gasteiger partial charge < -0.3 is 20.1 Å². The first-order chi connectivity index (χ1) is 23.2. The molecular formula is C42H46N2O4+2. The van der Waals surface area contributed by atoms with Crippen molar-refractivity contribution in [3.63, 3.8) is 0 Å². The Morgan fingerprint density at radius 3 is 0.938 bits per heavy atom. The van der Waals surface area contributed by atoms with Crippen LogP contribution in [0.1, 0.15) is 76.4 Å². The standard InChI is InChI=1S/C42H44N2O4/c1-29-17-30(2)20-39(19-29)41(45)47-27-37-13-9-35(10-14-37)25-43-23-33-5-7-34(8-6-33)24-44-26-36-11-15-38(16-12-36)28-48-42(46)40-21-31(3)18-32(4)22-40/h5-22,43-44H,23-28H2,1-4H3/p+2. The normalized spacial score (nSPS) is 10.9. The van der Waals surface area contributed by atoms with E-state index in [1.54, 1.807) is 0 Å². The third-order valence-electron chi connectivity index (χ3n) is 8.24. The number of quaternary nitrogens is 2. The molecule has 0 bridgehead atoms. The summed E-state index contributed by atoms with van der Waals surface area (Å²) in [5.74, 6) is -0.583. The molecule has 0 fully saturated rings. The zero-order valence-corrected chi connectivity index (χ0v) is 28.4. The van der Waals surface area contributed by atoms with E-state index in [1.807, 2.05) is 88.4 Å². The maximum Gasteiger partial charge on any atom is 0.338 e. The molecule has 0 spiro atoms. The molecule has 48 heavy (non-hydrogen) atoms. The summed E-state index contributed by atoms with van der Waals surface area (Å²) in [6.45, 7) is 12.0. The van der Waals surface area contributed by atoms with Gasteiger partial charge in [-0.15, -0.1) is 0 Å². The summed E-state index contributed by atoms with van der Waals surface area (Å²) in [6.07, 6.45) is 0. The molecule has 5 aromatic rings. The highest BCUT2D eigenvalue weighted by Gasteiger charge is 2.10. The van der Waals surface area contributed by atoms with Crippen molar-refractivity contribution in [3.8, 4) is 0 Å². The molecule has 0 amide bonds. The van der Waals surface area contributed by atoms with Gasteiger partial charge in [0.15, 0.2) is 0 Å². The van der Waals surface area contributed by atoms with Crippen molar-refractivity contribution >= 4 is 11.9 Å². The van der Waals surface area contributed by atoms with E-state index in [2.05, 4.69) is 59.2 Å². The summed E-state index contributed by atoms with van der Waals surface area (Å²) < 4.78 is 11.1. The summed E-state index contributed by atoms with van der Waals surface area (Å²) >= 11 is 0. The fourth-order valence-electron chi connectivity index (χ4n) is 5.82. The van der Waals surface area contributed by atoms with Crippen LogP contribution in [0.5, 0.6) is 0 Å². The monoisotopic (exact) mass is 642 g/mol. The van der Waals surface area contributed by atoms with Crippen LogP contribution in [0, 0.1) is 27.7 Å². The molecule has 0 aliphatic heterocycles. The van der Waals surface area contributed by atoms with Gasteiger partial charge in [-0.3, -0.25) is 0 Å². The molecule has 0 aliphatic rings. The zero-order chi connectivity index (χ0) is 33.9. The highest BCUT2D eigenvalue weighted by atomic mass is 16.5. The molecule has 4 N–H and O–H groups in total. The third-order valence-corrected chi connectivity index (χ3v) is 8.24. The summed E-state index contributed by atoms with van der Waals surface area (Å²) in [7, 11) is 0. The van der Waals surface area contributed by atoms with Crippen molar-refractivity contribution in [3.05, 3.63) is 176 Å². The van der Waals surface area contributed by atoms with E-state index in [9.17, 15) is 9.59 Å². The Balaban J connectivity index is 0.975. The van der Waals surface area contributed by atoms with E-state index < -0.39 is 0 Å². The molecule has 5 rings (SSSR count). The minimum Gasteiger partial charge on any atom is -0.457 e. The Morgan fingerprint density at radius 2 is 0.667 bits per heavy atom. The van der Waals surface area contributed by atoms with Crippen LogP contribution < -0.4 is 10.6 Å². The topological polar surface area (TPSA) is 85.8 Å². The average Bonchev–Trinajstić information content (AvgIpc) is 3.07. The summed E-state index contributed by atoms with van der Waals surface area (Å²) in [6, 6.07) is 36.9. The maximum atomic E-state index is 12.4. The minimum atomic E-state index is -0.292. The second kappa shape index (κ2) is 16.7. The Hall–Kier alpha value is -5.04. The molecule has 0 saturated heterocycles. The van der Waals surface area contributed by atoms with Gasteiger partial charge in [0, 0.05) is 22.3 Å². The minimum absolute atomic E-state index is 0.264. The quantitative estimate of drug-likeness (QED) is 0.142. The van der Waals surface area contributed by atoms with Gasteiger partial charge >= 0.3 is 11.9 Å². The van der Waals surface area contributed by atoms with Crippen molar-refractivity contribution in [1.29, 1.82) is 0 Å². The van der Waals surface area contributed by atoms with Gasteiger partial charge in [-0.1, -0.05) is 107 Å². The maximum absolute atomic E-state index is 12.4. The van der Waals surface area contributed by atoms with E-state index in [1.165, 1.54) is 22.3 Å². The van der Waals surface area contributed by atoms with Gasteiger partial charge in [0.1, 0.15) is 39.4 Å². The van der Waals surface area contributed by atoms with Crippen molar-refractivity contribution in [2.75, 3.05) is 0 Å². The van der Waals surface area contributed by atoms with Crippen molar-refractivity contribution in [1.82, 2.24) is 0 Å². The molecule has 246 valence electrons. The van der Waals surface area contributed by atoms with Gasteiger partial charge in [-0.25, -0.2) is 9.59 Å². The number of aryl methyl sites for hydroxylation is 4. The second-order valence-electron chi connectivity index (χ2n) is 12.7. The molecule has 0 atom stereocenters. The predicted octanol–water partition coefficient (Wildman–Crippen LogP) is 6.16. The number of benzene rings is 5. The van der Waals surface area contributed by atoms with Crippen LogP contribution in [-0.4, -0.2) is 11.9 Å². The van der Waals surface area contributed by atoms with Crippen LogP contribution in [0.3, 0.4) is 0 Å². The number of esters is 2. The fraction of sp³-hybridized carbons (Fsp3) is 0.238. The number of hydrogen-bond donors (Lipinski definition) is 2. The first-order valence-corrected chi connectivity index (χ1v) is 16.6. The zero-order valence-electron chi connectivity index (χ0n) is 28.4. The Labute approximate surface area is 284 Å². The van der Waals surface area contributed by atoms with E-state index in [0.717, 1.165) is 59.6 Å². The van der Waals surface area contributed by atoms with Crippen molar-refractivity contribution in [2.24, 2.45) is 0 Å². The van der Waals surface area contributed by atoms with Crippen LogP contribution >= 0.6 is 0 Å². The molecule has 0 unspecified atom stereocenters. The van der Waals surface area contributed by atoms with Crippen LogP contribution in [-0.2, 0) is 48.9 Å². The largest absolute Gasteiger partial charge is 0.457 e. The summed E-state index contributed by atoms with van der Waals surface area (Å²) in [5, 5.41) is 4.59. The molecule has 6 heteroatoms. The van der Waals surface area contributed by atoms with Gasteiger partial charge in [0.05, 0.1) is 11.1 Å². The SMILES string of the molecule is Cc1cc(C)cc(C(=O)OCc2ccc(C[NH2+]Cc3ccc(C[NH2+]Cc4ccc(COC(=O)c5cc(C)cc(C)c5)cc4)cc3)cc2)c1. The number of rotatable bonds is 14. The first kappa shape index (κ1) is 34.3. The lowest BCUT2D eigenvalue weighted by atomic mass is 10.1. The van der Waals surface area contributed by atoms with Crippen LogP contribution in [0.25, 0.3) is 0 Å². The first-order valence-electron chi connectivity index (χ1n) is 16.6. The van der Waals surface area contributed by atoms with Crippen LogP contribution in [0.15, 0.2) is 109 Å². The highest BCUT2D eigenvalue weighted by Crippen LogP contribution is 2.14. The molecule has 0 heterocycles. The number of carbonyl (C=O) groups is 2. The Kier molecular flexibility index (Phi) is 11.9. The average molecular weight is 643 g/mol. The number of nitrogens with two attached hydrogens (primary N) is 2. The van der Waals surface area contributed by atoms with Crippen molar-refractivity contribution < 1.29 is 29.7 Å². The lowest BCUT2D eigenvalue weighted by Gasteiger charge is -2.08. The molecule has 0 aliphatic carbocycles. The third kappa shape index (κ3) is 10.5. The lowest BCUT2D eigenvalue weighted by Crippen LogP contribution is -2.81. The van der Waals surface area contributed by atoms with Crippen LogP contribution in [0.2, 0.25) is 0 Å². The van der Waals surface area contributed by atoms with Crippen LogP contribution in [0.4, 0.5) is 0 Å². The molecular weight excluding hydrogens is 596 g/mol. The Bertz CT molecular complexity index is 1650. The fourth-order valence-corrected chi connectivity index (χ4v) is 5.82. The van der Waals surface area contributed by atoms with Gasteiger partial charge in [-0.2, -0.15) is 0 Å². The van der Waals surface area contributed by atoms with Crippen molar-refractivity contribution in [2.45, 2.75) is 67.1 Å². The molecule has 6 nitrogen and oxygen atoms in total.